The highest BCUT2D eigenvalue weighted by Gasteiger charge is 2.21. The van der Waals surface area contributed by atoms with E-state index in [0.717, 1.165) is 9.75 Å². The summed E-state index contributed by atoms with van der Waals surface area (Å²) in [5, 5.41) is 0.426. The summed E-state index contributed by atoms with van der Waals surface area (Å²) in [5.74, 6) is 0. The second kappa shape index (κ2) is 6.64. The number of sulfonamides is 1. The summed E-state index contributed by atoms with van der Waals surface area (Å²) >= 11 is 13.6. The highest BCUT2D eigenvalue weighted by Crippen LogP contribution is 2.30. The van der Waals surface area contributed by atoms with E-state index < -0.39 is 10.0 Å². The zero-order chi connectivity index (χ0) is 15.6. The second-order valence-electron chi connectivity index (χ2n) is 4.38. The minimum absolute atomic E-state index is 0.0118. The van der Waals surface area contributed by atoms with E-state index in [4.69, 9.17) is 28.9 Å². The Labute approximate surface area is 137 Å². The zero-order valence-corrected chi connectivity index (χ0v) is 14.3. The van der Waals surface area contributed by atoms with Gasteiger partial charge in [0.1, 0.15) is 4.90 Å². The molecule has 2 rings (SSSR count). The first-order valence-corrected chi connectivity index (χ1v) is 9.12. The number of thiophene rings is 1. The van der Waals surface area contributed by atoms with E-state index in [-0.39, 0.29) is 23.0 Å². The predicted molar refractivity (Wildman–Crippen MR) is 87.4 cm³/mol. The van der Waals surface area contributed by atoms with Crippen molar-refractivity contribution in [3.05, 3.63) is 49.6 Å². The van der Waals surface area contributed by atoms with E-state index in [9.17, 15) is 8.42 Å². The van der Waals surface area contributed by atoms with Gasteiger partial charge in [-0.1, -0.05) is 23.2 Å². The number of benzene rings is 1. The van der Waals surface area contributed by atoms with Gasteiger partial charge in [-0.05, 0) is 31.2 Å². The smallest absolute Gasteiger partial charge is 0.242 e. The van der Waals surface area contributed by atoms with Crippen molar-refractivity contribution in [3.8, 4) is 0 Å². The van der Waals surface area contributed by atoms with Gasteiger partial charge in [-0.3, -0.25) is 0 Å². The highest BCUT2D eigenvalue weighted by atomic mass is 35.5. The number of aryl methyl sites for hydroxylation is 1. The van der Waals surface area contributed by atoms with E-state index >= 15 is 0 Å². The Morgan fingerprint density at radius 3 is 2.52 bits per heavy atom. The fourth-order valence-corrected chi connectivity index (χ4v) is 4.65. The third-order valence-corrected chi connectivity index (χ3v) is 6.22. The molecule has 0 saturated heterocycles. The van der Waals surface area contributed by atoms with Crippen LogP contribution in [0.5, 0.6) is 0 Å². The summed E-state index contributed by atoms with van der Waals surface area (Å²) in [6.45, 7) is 2.26. The Hall–Kier alpha value is -0.630. The molecule has 0 amide bonds. The number of hydrogen-bond donors (Lipinski definition) is 2. The average molecular weight is 365 g/mol. The van der Waals surface area contributed by atoms with Crippen LogP contribution in [0.15, 0.2) is 29.2 Å². The lowest BCUT2D eigenvalue weighted by Gasteiger charge is -2.11. The van der Waals surface area contributed by atoms with Crippen molar-refractivity contribution in [1.82, 2.24) is 4.72 Å². The summed E-state index contributed by atoms with van der Waals surface area (Å²) in [5.41, 5.74) is 5.97. The Bertz CT molecular complexity index is 758. The summed E-state index contributed by atoms with van der Waals surface area (Å²) < 4.78 is 27.2. The van der Waals surface area contributed by atoms with Crippen LogP contribution in [0.1, 0.15) is 15.3 Å². The van der Waals surface area contributed by atoms with E-state index in [1.807, 2.05) is 19.1 Å². The molecular formula is C13H14Cl2N2O2S2. The van der Waals surface area contributed by atoms with Gasteiger partial charge < -0.3 is 5.73 Å². The molecule has 0 aliphatic heterocycles. The lowest BCUT2D eigenvalue weighted by atomic mass is 10.2. The normalized spacial score (nSPS) is 11.8. The van der Waals surface area contributed by atoms with Crippen LogP contribution in [0.3, 0.4) is 0 Å². The Morgan fingerprint density at radius 2 is 1.95 bits per heavy atom. The quantitative estimate of drug-likeness (QED) is 0.854. The molecule has 4 nitrogen and oxygen atoms in total. The fourth-order valence-electron chi connectivity index (χ4n) is 1.79. The van der Waals surface area contributed by atoms with Crippen LogP contribution in [-0.2, 0) is 23.1 Å². The van der Waals surface area contributed by atoms with Gasteiger partial charge in [0.25, 0.3) is 0 Å². The molecule has 2 aromatic rings. The van der Waals surface area contributed by atoms with E-state index in [1.54, 1.807) is 0 Å². The van der Waals surface area contributed by atoms with E-state index in [0.29, 0.717) is 10.6 Å². The van der Waals surface area contributed by atoms with Gasteiger partial charge >= 0.3 is 0 Å². The van der Waals surface area contributed by atoms with Gasteiger partial charge in [-0.25, -0.2) is 13.1 Å². The van der Waals surface area contributed by atoms with Crippen LogP contribution < -0.4 is 10.5 Å². The van der Waals surface area contributed by atoms with Crippen molar-refractivity contribution in [2.24, 2.45) is 5.73 Å². The van der Waals surface area contributed by atoms with Crippen LogP contribution in [-0.4, -0.2) is 8.42 Å². The number of nitrogens with two attached hydrogens (primary N) is 1. The standard InChI is InChI=1S/C13H14Cl2N2O2S2/c1-8-2-3-9(20-8)7-17-21(18,19)12-5-4-11(14)10(6-16)13(12)15/h2-5,17H,6-7,16H2,1H3. The molecule has 0 unspecified atom stereocenters. The monoisotopic (exact) mass is 364 g/mol. The minimum atomic E-state index is -3.72. The molecule has 21 heavy (non-hydrogen) atoms. The molecule has 0 fully saturated rings. The van der Waals surface area contributed by atoms with Crippen LogP contribution >= 0.6 is 34.5 Å². The van der Waals surface area contributed by atoms with Crippen LogP contribution in [0.2, 0.25) is 10.0 Å². The van der Waals surface area contributed by atoms with Crippen molar-refractivity contribution in [2.75, 3.05) is 0 Å². The predicted octanol–water partition coefficient (Wildman–Crippen LogP) is 3.30. The largest absolute Gasteiger partial charge is 0.326 e. The van der Waals surface area contributed by atoms with Gasteiger partial charge in [0.2, 0.25) is 10.0 Å². The first kappa shape index (κ1) is 16.7. The van der Waals surface area contributed by atoms with Crippen molar-refractivity contribution >= 4 is 44.6 Å². The van der Waals surface area contributed by atoms with Crippen LogP contribution in [0.25, 0.3) is 0 Å². The maximum absolute atomic E-state index is 12.3. The SMILES string of the molecule is Cc1ccc(CNS(=O)(=O)c2ccc(Cl)c(CN)c2Cl)s1. The molecule has 0 atom stereocenters. The molecule has 114 valence electrons. The molecular weight excluding hydrogens is 351 g/mol. The Morgan fingerprint density at radius 1 is 1.24 bits per heavy atom. The molecule has 3 N–H and O–H groups in total. The topological polar surface area (TPSA) is 72.2 Å². The van der Waals surface area contributed by atoms with Crippen LogP contribution in [0.4, 0.5) is 0 Å². The van der Waals surface area contributed by atoms with Crippen molar-refractivity contribution in [1.29, 1.82) is 0 Å². The molecule has 1 heterocycles. The van der Waals surface area contributed by atoms with Gasteiger partial charge in [0.15, 0.2) is 0 Å². The zero-order valence-electron chi connectivity index (χ0n) is 11.2. The number of hydrogen-bond acceptors (Lipinski definition) is 4. The lowest BCUT2D eigenvalue weighted by molar-refractivity contribution is 0.581. The summed E-state index contributed by atoms with van der Waals surface area (Å²) in [7, 11) is -3.72. The molecule has 1 aromatic carbocycles. The summed E-state index contributed by atoms with van der Waals surface area (Å²) in [4.78, 5) is 2.04. The summed E-state index contributed by atoms with van der Waals surface area (Å²) in [6, 6.07) is 6.69. The molecule has 0 aliphatic carbocycles. The maximum Gasteiger partial charge on any atom is 0.242 e. The van der Waals surface area contributed by atoms with Gasteiger partial charge in [-0.2, -0.15) is 0 Å². The summed E-state index contributed by atoms with van der Waals surface area (Å²) in [6.07, 6.45) is 0. The Balaban J connectivity index is 2.27. The van der Waals surface area contributed by atoms with Gasteiger partial charge in [-0.15, -0.1) is 11.3 Å². The minimum Gasteiger partial charge on any atom is -0.326 e. The molecule has 0 radical (unpaired) electrons. The lowest BCUT2D eigenvalue weighted by Crippen LogP contribution is -2.23. The third-order valence-electron chi connectivity index (χ3n) is 2.88. The number of rotatable bonds is 5. The highest BCUT2D eigenvalue weighted by molar-refractivity contribution is 7.89. The Kier molecular flexibility index (Phi) is 5.29. The van der Waals surface area contributed by atoms with Gasteiger partial charge in [0.05, 0.1) is 5.02 Å². The third kappa shape index (κ3) is 3.77. The average Bonchev–Trinajstić information content (AvgIpc) is 2.83. The first-order valence-electron chi connectivity index (χ1n) is 6.07. The van der Waals surface area contributed by atoms with Crippen molar-refractivity contribution < 1.29 is 8.42 Å². The van der Waals surface area contributed by atoms with Crippen molar-refractivity contribution in [2.45, 2.75) is 24.9 Å². The molecule has 0 bridgehead atoms. The maximum atomic E-state index is 12.3. The number of nitrogens with one attached hydrogen (secondary N) is 1. The molecule has 0 aliphatic rings. The van der Waals surface area contributed by atoms with Crippen LogP contribution in [0, 0.1) is 6.92 Å². The van der Waals surface area contributed by atoms with E-state index in [2.05, 4.69) is 4.72 Å². The molecule has 0 saturated carbocycles. The molecule has 8 heteroatoms. The second-order valence-corrected chi connectivity index (χ2v) is 8.27. The first-order chi connectivity index (χ1) is 9.85. The van der Waals surface area contributed by atoms with Crippen molar-refractivity contribution in [3.63, 3.8) is 0 Å². The molecule has 1 aromatic heterocycles. The van der Waals surface area contributed by atoms with E-state index in [1.165, 1.54) is 23.5 Å². The number of halogens is 2. The molecule has 0 spiro atoms. The van der Waals surface area contributed by atoms with Gasteiger partial charge in [0, 0.05) is 33.4 Å². The fraction of sp³-hybridized carbons (Fsp3) is 0.231.